The van der Waals surface area contributed by atoms with Crippen LogP contribution in [-0.4, -0.2) is 30.2 Å². The van der Waals surface area contributed by atoms with E-state index in [1.54, 1.807) is 11.8 Å². The second-order valence-corrected chi connectivity index (χ2v) is 6.04. The summed E-state index contributed by atoms with van der Waals surface area (Å²) in [5, 5.41) is 3.92. The van der Waals surface area contributed by atoms with Crippen LogP contribution < -0.4 is 4.90 Å². The number of hydrogen-bond acceptors (Lipinski definition) is 5. The van der Waals surface area contributed by atoms with Crippen molar-refractivity contribution in [2.45, 2.75) is 39.2 Å². The molecule has 1 aromatic heterocycles. The molecule has 0 spiro atoms. The Morgan fingerprint density at radius 2 is 2.04 bits per heavy atom. The number of ether oxygens (including phenoxy) is 1. The first kappa shape index (κ1) is 16.2. The Labute approximate surface area is 140 Å². The summed E-state index contributed by atoms with van der Waals surface area (Å²) in [4.78, 5) is 26.9. The van der Waals surface area contributed by atoms with Crippen LogP contribution in [0.4, 0.5) is 5.69 Å². The molecule has 0 bridgehead atoms. The number of methoxy groups -OCH3 is 1. The molecule has 1 aromatic carbocycles. The zero-order valence-corrected chi connectivity index (χ0v) is 14.2. The summed E-state index contributed by atoms with van der Waals surface area (Å²) >= 11 is 0. The summed E-state index contributed by atoms with van der Waals surface area (Å²) in [5.74, 6) is -0.416. The smallest absolute Gasteiger partial charge is 0.329 e. The number of nitrogens with zero attached hydrogens (tertiary/aromatic N) is 2. The maximum atomic E-state index is 13.2. The molecule has 6 heteroatoms. The maximum Gasteiger partial charge on any atom is 0.329 e. The van der Waals surface area contributed by atoms with Crippen LogP contribution >= 0.6 is 0 Å². The second kappa shape index (κ2) is 6.11. The van der Waals surface area contributed by atoms with Crippen molar-refractivity contribution in [1.82, 2.24) is 5.16 Å². The largest absolute Gasteiger partial charge is 0.467 e. The number of esters is 1. The van der Waals surface area contributed by atoms with Crippen LogP contribution in [0.25, 0.3) is 0 Å². The van der Waals surface area contributed by atoms with Gasteiger partial charge in [-0.2, -0.15) is 0 Å². The summed E-state index contributed by atoms with van der Waals surface area (Å²) in [5.41, 5.74) is 3.19. The Morgan fingerprint density at radius 1 is 1.33 bits per heavy atom. The van der Waals surface area contributed by atoms with Crippen LogP contribution in [-0.2, 0) is 20.7 Å². The molecule has 0 fully saturated rings. The van der Waals surface area contributed by atoms with Gasteiger partial charge in [0.25, 0.3) is 0 Å². The number of rotatable bonds is 3. The first-order valence-corrected chi connectivity index (χ1v) is 7.87. The Kier molecular flexibility index (Phi) is 4.13. The van der Waals surface area contributed by atoms with E-state index in [0.29, 0.717) is 17.9 Å². The molecule has 3 rings (SSSR count). The predicted molar refractivity (Wildman–Crippen MR) is 87.8 cm³/mol. The molecule has 1 aliphatic rings. The van der Waals surface area contributed by atoms with Crippen molar-refractivity contribution in [3.8, 4) is 0 Å². The number of carbonyl (C=O) groups excluding carboxylic acids is 2. The van der Waals surface area contributed by atoms with Crippen LogP contribution in [0.5, 0.6) is 0 Å². The highest BCUT2D eigenvalue weighted by atomic mass is 16.5. The minimum Gasteiger partial charge on any atom is -0.467 e. The molecule has 6 nitrogen and oxygen atoms in total. The van der Waals surface area contributed by atoms with E-state index < -0.39 is 17.9 Å². The SMILES string of the molecule is COC(=O)[C@@H]1Cc2ccccc2N1C(=O)[C@@H](C)c1c(C)noc1C. The van der Waals surface area contributed by atoms with Gasteiger partial charge >= 0.3 is 5.97 Å². The van der Waals surface area contributed by atoms with E-state index in [9.17, 15) is 9.59 Å². The summed E-state index contributed by atoms with van der Waals surface area (Å²) in [6, 6.07) is 6.91. The average molecular weight is 328 g/mol. The van der Waals surface area contributed by atoms with Gasteiger partial charge in [-0.05, 0) is 32.4 Å². The molecule has 126 valence electrons. The van der Waals surface area contributed by atoms with Crippen LogP contribution in [0.3, 0.4) is 0 Å². The van der Waals surface area contributed by atoms with Gasteiger partial charge in [0, 0.05) is 17.7 Å². The fourth-order valence-corrected chi connectivity index (χ4v) is 3.42. The van der Waals surface area contributed by atoms with E-state index in [2.05, 4.69) is 5.16 Å². The Balaban J connectivity index is 2.01. The van der Waals surface area contributed by atoms with Gasteiger partial charge < -0.3 is 9.26 Å². The molecule has 2 atom stereocenters. The lowest BCUT2D eigenvalue weighted by molar-refractivity contribution is -0.143. The van der Waals surface area contributed by atoms with Crippen molar-refractivity contribution >= 4 is 17.6 Å². The number of carbonyl (C=O) groups is 2. The molecule has 1 aliphatic heterocycles. The number of aryl methyl sites for hydroxylation is 2. The normalized spacial score (nSPS) is 17.5. The van der Waals surface area contributed by atoms with Crippen molar-refractivity contribution in [2.75, 3.05) is 12.0 Å². The number of benzene rings is 1. The van der Waals surface area contributed by atoms with E-state index in [4.69, 9.17) is 9.26 Å². The van der Waals surface area contributed by atoms with Crippen LogP contribution in [0.15, 0.2) is 28.8 Å². The standard InChI is InChI=1S/C18H20N2O4/c1-10(16-11(2)19-24-12(16)3)17(21)20-14-8-6-5-7-13(14)9-15(20)18(22)23-4/h5-8,10,15H,9H2,1-4H3/t10-,15-/m0/s1. The minimum atomic E-state index is -0.636. The predicted octanol–water partition coefficient (Wildman–Crippen LogP) is 2.53. The molecule has 0 unspecified atom stereocenters. The number of amides is 1. The van der Waals surface area contributed by atoms with Crippen molar-refractivity contribution in [2.24, 2.45) is 0 Å². The summed E-state index contributed by atoms with van der Waals surface area (Å²) in [6.07, 6.45) is 0.461. The van der Waals surface area contributed by atoms with E-state index >= 15 is 0 Å². The van der Waals surface area contributed by atoms with Gasteiger partial charge in [-0.1, -0.05) is 23.4 Å². The Morgan fingerprint density at radius 3 is 2.67 bits per heavy atom. The van der Waals surface area contributed by atoms with Crippen molar-refractivity contribution < 1.29 is 18.8 Å². The highest BCUT2D eigenvalue weighted by Crippen LogP contribution is 2.36. The minimum absolute atomic E-state index is 0.162. The average Bonchev–Trinajstić information content (AvgIpc) is 3.13. The van der Waals surface area contributed by atoms with Gasteiger partial charge in [0.1, 0.15) is 11.8 Å². The van der Waals surface area contributed by atoms with Gasteiger partial charge in [-0.3, -0.25) is 9.69 Å². The molecule has 1 amide bonds. The quantitative estimate of drug-likeness (QED) is 0.810. The van der Waals surface area contributed by atoms with Gasteiger partial charge in [-0.25, -0.2) is 4.79 Å². The van der Waals surface area contributed by atoms with Crippen LogP contribution in [0.1, 0.15) is 35.4 Å². The molecule has 2 heterocycles. The lowest BCUT2D eigenvalue weighted by Crippen LogP contribution is -2.45. The molecule has 0 aliphatic carbocycles. The number of anilines is 1. The van der Waals surface area contributed by atoms with E-state index in [1.807, 2.05) is 38.1 Å². The third-order valence-corrected chi connectivity index (χ3v) is 4.58. The highest BCUT2D eigenvalue weighted by Gasteiger charge is 2.41. The fraction of sp³-hybridized carbons (Fsp3) is 0.389. The first-order valence-electron chi connectivity index (χ1n) is 7.87. The van der Waals surface area contributed by atoms with Crippen molar-refractivity contribution in [1.29, 1.82) is 0 Å². The maximum absolute atomic E-state index is 13.2. The summed E-state index contributed by atoms with van der Waals surface area (Å²) in [6.45, 7) is 5.41. The lowest BCUT2D eigenvalue weighted by atomic mass is 9.97. The third-order valence-electron chi connectivity index (χ3n) is 4.58. The number of para-hydroxylation sites is 1. The van der Waals surface area contributed by atoms with Crippen LogP contribution in [0.2, 0.25) is 0 Å². The van der Waals surface area contributed by atoms with Gasteiger partial charge in [0.05, 0.1) is 18.7 Å². The number of hydrogen-bond donors (Lipinski definition) is 0. The molecular weight excluding hydrogens is 308 g/mol. The van der Waals surface area contributed by atoms with Crippen molar-refractivity contribution in [3.63, 3.8) is 0 Å². The number of fused-ring (bicyclic) bond motifs is 1. The number of aromatic nitrogens is 1. The molecule has 2 aromatic rings. The molecule has 0 N–H and O–H groups in total. The van der Waals surface area contributed by atoms with Gasteiger partial charge in [0.2, 0.25) is 5.91 Å². The van der Waals surface area contributed by atoms with Gasteiger partial charge in [-0.15, -0.1) is 0 Å². The summed E-state index contributed by atoms with van der Waals surface area (Å²) < 4.78 is 10.1. The zero-order chi connectivity index (χ0) is 17.4. The topological polar surface area (TPSA) is 72.6 Å². The zero-order valence-electron chi connectivity index (χ0n) is 14.2. The molecular formula is C18H20N2O4. The van der Waals surface area contributed by atoms with E-state index in [-0.39, 0.29) is 5.91 Å². The monoisotopic (exact) mass is 328 g/mol. The molecule has 0 radical (unpaired) electrons. The van der Waals surface area contributed by atoms with E-state index in [1.165, 1.54) is 7.11 Å². The molecule has 0 saturated heterocycles. The first-order chi connectivity index (χ1) is 11.5. The molecule has 24 heavy (non-hydrogen) atoms. The van der Waals surface area contributed by atoms with Crippen molar-refractivity contribution in [3.05, 3.63) is 46.8 Å². The Bertz CT molecular complexity index is 777. The third kappa shape index (κ3) is 2.48. The Hall–Kier alpha value is -2.63. The second-order valence-electron chi connectivity index (χ2n) is 6.04. The lowest BCUT2D eigenvalue weighted by Gasteiger charge is -2.26. The van der Waals surface area contributed by atoms with E-state index in [0.717, 1.165) is 16.8 Å². The highest BCUT2D eigenvalue weighted by molar-refractivity contribution is 6.05. The van der Waals surface area contributed by atoms with Crippen LogP contribution in [0, 0.1) is 13.8 Å². The summed E-state index contributed by atoms with van der Waals surface area (Å²) in [7, 11) is 1.34. The fourth-order valence-electron chi connectivity index (χ4n) is 3.42. The van der Waals surface area contributed by atoms with Gasteiger partial charge in [0.15, 0.2) is 0 Å². The molecule has 0 saturated carbocycles.